The summed E-state index contributed by atoms with van der Waals surface area (Å²) in [7, 11) is 1.49. The van der Waals surface area contributed by atoms with E-state index < -0.39 is 34.5 Å². The molecule has 4 rings (SSSR count). The van der Waals surface area contributed by atoms with Crippen LogP contribution in [0.25, 0.3) is 0 Å². The summed E-state index contributed by atoms with van der Waals surface area (Å²) >= 11 is 0. The molecule has 0 aliphatic carbocycles. The molecule has 0 aromatic heterocycles. The number of fused-ring (bicyclic) bond motifs is 2. The van der Waals surface area contributed by atoms with E-state index in [-0.39, 0.29) is 0 Å². The molecule has 2 saturated heterocycles. The molecule has 2 heterocycles. The van der Waals surface area contributed by atoms with Crippen LogP contribution in [0, 0.1) is 50.2 Å². The van der Waals surface area contributed by atoms with Gasteiger partial charge in [-0.1, -0.05) is 36.4 Å². The fourth-order valence-corrected chi connectivity index (χ4v) is 5.12. The Balaban J connectivity index is 2.05. The molecule has 2 bridgehead atoms. The van der Waals surface area contributed by atoms with E-state index in [0.29, 0.717) is 29.2 Å². The Bertz CT molecular complexity index is 1230. The topological polar surface area (TPSA) is 132 Å². The smallest absolute Gasteiger partial charge is 0.219 e. The van der Waals surface area contributed by atoms with Crippen molar-refractivity contribution in [3.63, 3.8) is 0 Å². The lowest BCUT2D eigenvalue weighted by atomic mass is 9.52. The highest BCUT2D eigenvalue weighted by atomic mass is 16.7. The van der Waals surface area contributed by atoms with Crippen molar-refractivity contribution in [1.82, 2.24) is 0 Å². The molecule has 0 saturated carbocycles. The van der Waals surface area contributed by atoms with E-state index in [0.717, 1.165) is 0 Å². The summed E-state index contributed by atoms with van der Waals surface area (Å²) in [4.78, 5) is 0. The van der Waals surface area contributed by atoms with Crippen LogP contribution < -0.4 is 9.47 Å². The predicted molar refractivity (Wildman–Crippen MR) is 116 cm³/mol. The van der Waals surface area contributed by atoms with Crippen LogP contribution >= 0.6 is 0 Å². The number of para-hydroxylation sites is 2. The molecule has 4 unspecified atom stereocenters. The number of nitriles is 3. The van der Waals surface area contributed by atoms with Gasteiger partial charge >= 0.3 is 0 Å². The number of nitrogens with zero attached hydrogens (tertiary/aromatic N) is 3. The van der Waals surface area contributed by atoms with Crippen LogP contribution in [-0.4, -0.2) is 25.4 Å². The molecule has 0 radical (unpaired) electrons. The van der Waals surface area contributed by atoms with Crippen LogP contribution in [0.2, 0.25) is 0 Å². The average Bonchev–Trinajstić information content (AvgIpc) is 3.02. The number of methoxy groups -OCH3 is 1. The van der Waals surface area contributed by atoms with Gasteiger partial charge in [-0.3, -0.25) is 5.41 Å². The van der Waals surface area contributed by atoms with Crippen molar-refractivity contribution in [2.75, 3.05) is 13.7 Å². The molecule has 2 aromatic carbocycles. The van der Waals surface area contributed by atoms with E-state index in [9.17, 15) is 15.8 Å². The molecule has 2 fully saturated rings. The van der Waals surface area contributed by atoms with E-state index in [1.165, 1.54) is 7.11 Å². The first-order valence-electron chi connectivity index (χ1n) is 10.4. The highest BCUT2D eigenvalue weighted by Crippen LogP contribution is 2.70. The Hall–Kier alpha value is -4.06. The van der Waals surface area contributed by atoms with Crippen molar-refractivity contribution in [3.05, 3.63) is 59.7 Å². The highest BCUT2D eigenvalue weighted by molar-refractivity contribution is 5.91. The molecule has 8 heteroatoms. The van der Waals surface area contributed by atoms with Crippen LogP contribution in [-0.2, 0) is 9.47 Å². The molecule has 2 aliphatic rings. The van der Waals surface area contributed by atoms with Crippen molar-refractivity contribution >= 4 is 5.90 Å². The van der Waals surface area contributed by atoms with E-state index in [4.69, 9.17) is 24.4 Å². The summed E-state index contributed by atoms with van der Waals surface area (Å²) in [6, 6.07) is 20.2. The summed E-state index contributed by atoms with van der Waals surface area (Å²) in [5.74, 6) is -2.12. The number of nitrogens with one attached hydrogen (secondary N) is 1. The van der Waals surface area contributed by atoms with Crippen LogP contribution in [0.15, 0.2) is 48.5 Å². The van der Waals surface area contributed by atoms with Crippen LogP contribution in [0.1, 0.15) is 37.0 Å². The summed E-state index contributed by atoms with van der Waals surface area (Å²) < 4.78 is 23.5. The second-order valence-corrected chi connectivity index (χ2v) is 8.04. The summed E-state index contributed by atoms with van der Waals surface area (Å²) in [6.45, 7) is 3.79. The van der Waals surface area contributed by atoms with E-state index in [2.05, 4.69) is 18.2 Å². The zero-order valence-corrected chi connectivity index (χ0v) is 18.5. The molecule has 2 aliphatic heterocycles. The van der Waals surface area contributed by atoms with Gasteiger partial charge in [0.25, 0.3) is 0 Å². The molecule has 4 atom stereocenters. The van der Waals surface area contributed by atoms with E-state index >= 15 is 0 Å². The standard InChI is InChI=1S/C25H22N4O4/c1-4-31-19-12-8-6-10-17(19)21-24(13-26,14-27)25(15-28)20(23(2,32-21)33-22(25)29)16-9-5-7-11-18(16)30-3/h5-12,20-21,29H,4H2,1-3H3. The first kappa shape index (κ1) is 22.1. The maximum atomic E-state index is 10.6. The van der Waals surface area contributed by atoms with Gasteiger partial charge in [-0.25, -0.2) is 0 Å². The quantitative estimate of drug-likeness (QED) is 0.733. The lowest BCUT2D eigenvalue weighted by Gasteiger charge is -2.49. The van der Waals surface area contributed by atoms with Crippen molar-refractivity contribution < 1.29 is 18.9 Å². The minimum atomic E-state index is -2.12. The Morgan fingerprint density at radius 1 is 0.970 bits per heavy atom. The molecule has 1 N–H and O–H groups in total. The molecule has 0 amide bonds. The Morgan fingerprint density at radius 2 is 1.58 bits per heavy atom. The number of benzene rings is 2. The number of rotatable bonds is 5. The zero-order valence-electron chi connectivity index (χ0n) is 18.5. The minimum Gasteiger partial charge on any atom is -0.496 e. The van der Waals surface area contributed by atoms with Crippen LogP contribution in [0.3, 0.4) is 0 Å². The monoisotopic (exact) mass is 442 g/mol. The van der Waals surface area contributed by atoms with Gasteiger partial charge in [-0.05, 0) is 19.1 Å². The molecular formula is C25H22N4O4. The molecular weight excluding hydrogens is 420 g/mol. The van der Waals surface area contributed by atoms with Crippen molar-refractivity contribution in [1.29, 1.82) is 21.2 Å². The third-order valence-corrected chi connectivity index (χ3v) is 6.47. The van der Waals surface area contributed by atoms with Crippen LogP contribution in [0.5, 0.6) is 11.5 Å². The number of hydrogen-bond donors (Lipinski definition) is 1. The van der Waals surface area contributed by atoms with E-state index in [1.54, 1.807) is 55.5 Å². The highest BCUT2D eigenvalue weighted by Gasteiger charge is 2.80. The minimum absolute atomic E-state index is 0.354. The van der Waals surface area contributed by atoms with Crippen molar-refractivity contribution in [2.45, 2.75) is 31.7 Å². The molecule has 2 aromatic rings. The maximum Gasteiger partial charge on any atom is 0.219 e. The normalized spacial score (nSPS) is 29.2. The second-order valence-electron chi connectivity index (χ2n) is 8.04. The van der Waals surface area contributed by atoms with Crippen molar-refractivity contribution in [3.8, 4) is 29.7 Å². The SMILES string of the molecule is CCOc1ccccc1C1OC2(C)OC(=N)C(C#N)(C2c2ccccc2OC)C1(C#N)C#N. The molecule has 0 spiro atoms. The van der Waals surface area contributed by atoms with Gasteiger partial charge < -0.3 is 18.9 Å². The molecule has 33 heavy (non-hydrogen) atoms. The first-order valence-corrected chi connectivity index (χ1v) is 10.4. The van der Waals surface area contributed by atoms with Gasteiger partial charge in [-0.15, -0.1) is 0 Å². The Morgan fingerprint density at radius 3 is 2.15 bits per heavy atom. The Labute approximate surface area is 192 Å². The lowest BCUT2D eigenvalue weighted by Crippen LogP contribution is -2.57. The second kappa shape index (κ2) is 7.81. The zero-order chi connectivity index (χ0) is 23.9. The maximum absolute atomic E-state index is 10.6. The number of ether oxygens (including phenoxy) is 4. The fraction of sp³-hybridized carbons (Fsp3) is 0.360. The van der Waals surface area contributed by atoms with Gasteiger partial charge in [0.1, 0.15) is 17.6 Å². The van der Waals surface area contributed by atoms with Gasteiger partial charge in [0.15, 0.2) is 5.41 Å². The van der Waals surface area contributed by atoms with Gasteiger partial charge in [-0.2, -0.15) is 15.8 Å². The predicted octanol–water partition coefficient (Wildman–Crippen LogP) is 4.22. The summed E-state index contributed by atoms with van der Waals surface area (Å²) in [6.07, 6.45) is -1.21. The van der Waals surface area contributed by atoms with Crippen molar-refractivity contribution in [2.24, 2.45) is 10.8 Å². The first-order chi connectivity index (χ1) is 15.9. The number of hydrogen-bond acceptors (Lipinski definition) is 8. The third-order valence-electron chi connectivity index (χ3n) is 6.47. The third kappa shape index (κ3) is 2.73. The van der Waals surface area contributed by atoms with E-state index in [1.807, 2.05) is 6.92 Å². The van der Waals surface area contributed by atoms with Gasteiger partial charge in [0, 0.05) is 18.1 Å². The average molecular weight is 442 g/mol. The summed E-state index contributed by atoms with van der Waals surface area (Å²) in [5.41, 5.74) is -3.14. The molecule has 166 valence electrons. The van der Waals surface area contributed by atoms with Gasteiger partial charge in [0.2, 0.25) is 17.1 Å². The summed E-state index contributed by atoms with van der Waals surface area (Å²) in [5, 5.41) is 40.2. The van der Waals surface area contributed by atoms with Gasteiger partial charge in [0.05, 0.1) is 37.8 Å². The van der Waals surface area contributed by atoms with Crippen LogP contribution in [0.4, 0.5) is 0 Å². The fourth-order valence-electron chi connectivity index (χ4n) is 5.12. The largest absolute Gasteiger partial charge is 0.496 e. The molecule has 8 nitrogen and oxygen atoms in total. The lowest BCUT2D eigenvalue weighted by molar-refractivity contribution is -0.254. The Kier molecular flexibility index (Phi) is 5.24.